The highest BCUT2D eigenvalue weighted by Gasteiger charge is 2.47. The lowest BCUT2D eigenvalue weighted by molar-refractivity contribution is 0.756. The Morgan fingerprint density at radius 1 is 0.482 bits per heavy atom. The van der Waals surface area contributed by atoms with Gasteiger partial charge in [0.25, 0.3) is 0 Å². The Kier molecular flexibility index (Phi) is 8.60. The van der Waals surface area contributed by atoms with Gasteiger partial charge in [0.15, 0.2) is 0 Å². The second-order valence-corrected chi connectivity index (χ2v) is 15.2. The predicted molar refractivity (Wildman–Crippen MR) is 236 cm³/mol. The molecule has 3 aliphatic carbocycles. The van der Waals surface area contributed by atoms with E-state index in [4.69, 9.17) is 0 Å². The molecule has 0 unspecified atom stereocenters. The molecule has 56 heavy (non-hydrogen) atoms. The van der Waals surface area contributed by atoms with Crippen LogP contribution in [0.4, 0.5) is 28.4 Å². The topological polar surface area (TPSA) is 6.48 Å². The van der Waals surface area contributed by atoms with Gasteiger partial charge >= 0.3 is 0 Å². The molecule has 0 spiro atoms. The largest absolute Gasteiger partial charge is 0.344 e. The molecule has 0 heterocycles. The number of hydrogen-bond acceptors (Lipinski definition) is 2. The molecule has 0 N–H and O–H groups in total. The van der Waals surface area contributed by atoms with Crippen LogP contribution < -0.4 is 9.80 Å². The Morgan fingerprint density at radius 3 is 1.84 bits per heavy atom. The normalized spacial score (nSPS) is 14.9. The number of para-hydroxylation sites is 2. The maximum atomic E-state index is 2.50. The first-order valence-electron chi connectivity index (χ1n) is 19.9. The molecule has 0 bridgehead atoms. The van der Waals surface area contributed by atoms with Gasteiger partial charge in [-0.2, -0.15) is 0 Å². The Morgan fingerprint density at radius 2 is 1.09 bits per heavy atom. The summed E-state index contributed by atoms with van der Waals surface area (Å²) in [6.07, 6.45) is 13.6. The van der Waals surface area contributed by atoms with Gasteiger partial charge in [0.05, 0.1) is 5.41 Å². The third-order valence-corrected chi connectivity index (χ3v) is 12.1. The SMILES string of the molecule is CN(c1ccccc1)c1ccccc1-c1ccc(N(c2ccc3c(c2)CCC=C3)c2ccc3c(c2)C(c2ccccc2)(c2ccccc2)C2=C3CCC=C2)cc1. The van der Waals surface area contributed by atoms with Crippen molar-refractivity contribution in [2.75, 3.05) is 16.8 Å². The van der Waals surface area contributed by atoms with E-state index in [2.05, 4.69) is 217 Å². The smallest absolute Gasteiger partial charge is 0.0710 e. The van der Waals surface area contributed by atoms with Gasteiger partial charge in [0.1, 0.15) is 0 Å². The number of benzene rings is 7. The van der Waals surface area contributed by atoms with Crippen LogP contribution in [0.3, 0.4) is 0 Å². The first-order valence-corrected chi connectivity index (χ1v) is 19.9. The Balaban J connectivity index is 1.14. The number of fused-ring (bicyclic) bond motifs is 3. The average Bonchev–Trinajstić information content (AvgIpc) is 3.58. The van der Waals surface area contributed by atoms with Crippen molar-refractivity contribution >= 4 is 40.1 Å². The lowest BCUT2D eigenvalue weighted by atomic mass is 9.66. The standard InChI is InChI=1S/C54H44N2/c1-55(44-23-9-4-10-24-44)53-28-16-14-25-48(53)40-30-32-45(33-31-40)56(46-34-29-39-17-11-12-18-41(39)37-46)47-35-36-50-49-26-13-15-27-51(49)54(52(50)38-47,42-19-5-2-6-20-42)43-21-7-3-8-22-43/h2-11,14-17,19-25,27-38H,12-13,18,26H2,1H3. The van der Waals surface area contributed by atoms with E-state index in [0.717, 1.165) is 42.7 Å². The van der Waals surface area contributed by atoms with Crippen LogP contribution in [-0.2, 0) is 11.8 Å². The molecule has 0 amide bonds. The number of nitrogens with zero attached hydrogens (tertiary/aromatic N) is 2. The molecule has 10 rings (SSSR count). The van der Waals surface area contributed by atoms with Gasteiger partial charge in [0.2, 0.25) is 0 Å². The second-order valence-electron chi connectivity index (χ2n) is 15.2. The number of anilines is 5. The van der Waals surface area contributed by atoms with E-state index in [0.29, 0.717) is 0 Å². The minimum absolute atomic E-state index is 0.426. The number of rotatable bonds is 8. The van der Waals surface area contributed by atoms with Gasteiger partial charge in [-0.1, -0.05) is 146 Å². The molecular weight excluding hydrogens is 677 g/mol. The average molecular weight is 721 g/mol. The molecule has 0 aromatic heterocycles. The zero-order chi connectivity index (χ0) is 37.5. The fourth-order valence-electron chi connectivity index (χ4n) is 9.45. The van der Waals surface area contributed by atoms with Crippen molar-refractivity contribution in [1.82, 2.24) is 0 Å². The van der Waals surface area contributed by atoms with Gasteiger partial charge in [-0.15, -0.1) is 0 Å². The lowest BCUT2D eigenvalue weighted by Gasteiger charge is -2.36. The monoisotopic (exact) mass is 720 g/mol. The summed E-state index contributed by atoms with van der Waals surface area (Å²) in [4.78, 5) is 4.74. The van der Waals surface area contributed by atoms with E-state index < -0.39 is 5.41 Å². The summed E-state index contributed by atoms with van der Waals surface area (Å²) in [6, 6.07) is 65.1. The third-order valence-electron chi connectivity index (χ3n) is 12.1. The summed E-state index contributed by atoms with van der Waals surface area (Å²) >= 11 is 0. The Bertz CT molecular complexity index is 2590. The molecule has 0 saturated carbocycles. The fourth-order valence-corrected chi connectivity index (χ4v) is 9.45. The molecule has 0 radical (unpaired) electrons. The maximum Gasteiger partial charge on any atom is 0.0710 e. The lowest BCUT2D eigenvalue weighted by Crippen LogP contribution is -2.29. The summed E-state index contributed by atoms with van der Waals surface area (Å²) in [5.41, 5.74) is 18.7. The minimum Gasteiger partial charge on any atom is -0.344 e. The second kappa shape index (κ2) is 14.2. The van der Waals surface area contributed by atoms with Gasteiger partial charge < -0.3 is 9.80 Å². The van der Waals surface area contributed by atoms with Crippen molar-refractivity contribution in [3.8, 4) is 11.1 Å². The van der Waals surface area contributed by atoms with Gasteiger partial charge in [-0.3, -0.25) is 0 Å². The molecule has 3 aliphatic rings. The van der Waals surface area contributed by atoms with Crippen molar-refractivity contribution in [2.45, 2.75) is 31.1 Å². The highest BCUT2D eigenvalue weighted by molar-refractivity contribution is 5.91. The molecule has 7 aromatic carbocycles. The number of hydrogen-bond donors (Lipinski definition) is 0. The van der Waals surface area contributed by atoms with Crippen LogP contribution >= 0.6 is 0 Å². The van der Waals surface area contributed by atoms with E-state index in [-0.39, 0.29) is 0 Å². The van der Waals surface area contributed by atoms with E-state index in [9.17, 15) is 0 Å². The van der Waals surface area contributed by atoms with Crippen LogP contribution in [-0.4, -0.2) is 7.05 Å². The molecule has 0 fully saturated rings. The molecular formula is C54H44N2. The Hall–Kier alpha value is -6.64. The molecule has 0 saturated heterocycles. The fraction of sp³-hybridized carbons (Fsp3) is 0.111. The zero-order valence-electron chi connectivity index (χ0n) is 31.8. The molecule has 0 aliphatic heterocycles. The van der Waals surface area contributed by atoms with Crippen LogP contribution in [0, 0.1) is 0 Å². The zero-order valence-corrected chi connectivity index (χ0v) is 31.8. The highest BCUT2D eigenvalue weighted by atomic mass is 15.1. The minimum atomic E-state index is -0.426. The van der Waals surface area contributed by atoms with Crippen molar-refractivity contribution < 1.29 is 0 Å². The summed E-state index contributed by atoms with van der Waals surface area (Å²) in [5.74, 6) is 0. The first-order chi connectivity index (χ1) is 27.7. The van der Waals surface area contributed by atoms with E-state index in [1.165, 1.54) is 67.0 Å². The van der Waals surface area contributed by atoms with Gasteiger partial charge in [-0.25, -0.2) is 0 Å². The van der Waals surface area contributed by atoms with Crippen LogP contribution in [0.1, 0.15) is 52.6 Å². The third kappa shape index (κ3) is 5.64. The van der Waals surface area contributed by atoms with E-state index in [1.54, 1.807) is 0 Å². The van der Waals surface area contributed by atoms with Gasteiger partial charge in [0, 0.05) is 41.0 Å². The molecule has 270 valence electrons. The van der Waals surface area contributed by atoms with Crippen molar-refractivity contribution in [1.29, 1.82) is 0 Å². The van der Waals surface area contributed by atoms with Crippen LogP contribution in [0.2, 0.25) is 0 Å². The predicted octanol–water partition coefficient (Wildman–Crippen LogP) is 14.0. The quantitative estimate of drug-likeness (QED) is 0.154. The number of allylic oxidation sites excluding steroid dienone is 5. The Labute approximate surface area is 331 Å². The molecule has 2 nitrogen and oxygen atoms in total. The summed E-state index contributed by atoms with van der Waals surface area (Å²) in [6.45, 7) is 0. The van der Waals surface area contributed by atoms with E-state index in [1.807, 2.05) is 0 Å². The number of aryl methyl sites for hydroxylation is 1. The molecule has 2 heteroatoms. The van der Waals surface area contributed by atoms with E-state index >= 15 is 0 Å². The molecule has 7 aromatic rings. The van der Waals surface area contributed by atoms with Crippen LogP contribution in [0.15, 0.2) is 200 Å². The van der Waals surface area contributed by atoms with Crippen molar-refractivity contribution in [3.63, 3.8) is 0 Å². The first kappa shape index (κ1) is 33.9. The summed E-state index contributed by atoms with van der Waals surface area (Å²) in [7, 11) is 2.15. The maximum absolute atomic E-state index is 2.50. The van der Waals surface area contributed by atoms with Gasteiger partial charge in [-0.05, 0) is 130 Å². The van der Waals surface area contributed by atoms with Crippen molar-refractivity contribution in [2.24, 2.45) is 0 Å². The van der Waals surface area contributed by atoms with Crippen LogP contribution in [0.5, 0.6) is 0 Å². The highest BCUT2D eigenvalue weighted by Crippen LogP contribution is 2.58. The van der Waals surface area contributed by atoms with Crippen molar-refractivity contribution in [3.05, 3.63) is 233 Å². The summed E-state index contributed by atoms with van der Waals surface area (Å²) in [5, 5.41) is 0. The van der Waals surface area contributed by atoms with Crippen LogP contribution in [0.25, 0.3) is 22.8 Å². The molecule has 0 atom stereocenters. The summed E-state index contributed by atoms with van der Waals surface area (Å²) < 4.78 is 0.